The molecule has 0 spiro atoms. The number of hydrogen-bond acceptors (Lipinski definition) is 3. The molecule has 0 bridgehead atoms. The average molecular weight is 444 g/mol. The maximum Gasteiger partial charge on any atom is 0.208 e. The molecule has 0 saturated carbocycles. The van der Waals surface area contributed by atoms with Crippen molar-refractivity contribution in [3.8, 4) is 0 Å². The van der Waals surface area contributed by atoms with Crippen LogP contribution in [0.5, 0.6) is 0 Å². The van der Waals surface area contributed by atoms with E-state index < -0.39 is 10.0 Å². The summed E-state index contributed by atoms with van der Waals surface area (Å²) in [7, 11) is -1.53. The Bertz CT molecular complexity index is 581. The van der Waals surface area contributed by atoms with Crippen LogP contribution in [0.3, 0.4) is 0 Å². The molecule has 9 heteroatoms. The monoisotopic (exact) mass is 444 g/mol. The fourth-order valence-electron chi connectivity index (χ4n) is 1.59. The number of guanidine groups is 1. The predicted octanol–water partition coefficient (Wildman–Crippen LogP) is 1.05. The van der Waals surface area contributed by atoms with Gasteiger partial charge in [0.2, 0.25) is 10.0 Å². The standard InChI is InChI=1S/C13H21FN4O2S.HI/c1-15-13(16-8-5-9-18-21(2,19)20)17-10-11-6-3-4-7-12(11)14;/h3-4,6-7,18H,5,8-10H2,1-2H3,(H2,15,16,17);1H. The minimum Gasteiger partial charge on any atom is -0.356 e. The summed E-state index contributed by atoms with van der Waals surface area (Å²) in [5.74, 6) is 0.274. The van der Waals surface area contributed by atoms with Gasteiger partial charge in [0.15, 0.2) is 5.96 Å². The number of nitrogens with one attached hydrogen (secondary N) is 3. The van der Waals surface area contributed by atoms with Gasteiger partial charge in [0.25, 0.3) is 0 Å². The normalized spacial score (nSPS) is 11.7. The Kier molecular flexibility index (Phi) is 10.3. The van der Waals surface area contributed by atoms with Crippen LogP contribution in [0.2, 0.25) is 0 Å². The second kappa shape index (κ2) is 10.7. The molecule has 1 aromatic rings. The molecule has 126 valence electrons. The summed E-state index contributed by atoms with van der Waals surface area (Å²) >= 11 is 0. The van der Waals surface area contributed by atoms with Crippen LogP contribution >= 0.6 is 24.0 Å². The van der Waals surface area contributed by atoms with Crippen molar-refractivity contribution >= 4 is 40.0 Å². The third-order valence-corrected chi connectivity index (χ3v) is 3.37. The van der Waals surface area contributed by atoms with Crippen LogP contribution in [0.15, 0.2) is 29.3 Å². The molecule has 0 aliphatic heterocycles. The molecule has 0 heterocycles. The predicted molar refractivity (Wildman–Crippen MR) is 97.5 cm³/mol. The molecule has 1 rings (SSSR count). The van der Waals surface area contributed by atoms with Crippen LogP contribution in [0, 0.1) is 5.82 Å². The van der Waals surface area contributed by atoms with Crippen molar-refractivity contribution in [2.24, 2.45) is 4.99 Å². The number of halogens is 2. The fourth-order valence-corrected chi connectivity index (χ4v) is 2.11. The number of nitrogens with zero attached hydrogens (tertiary/aromatic N) is 1. The van der Waals surface area contributed by atoms with Crippen LogP contribution < -0.4 is 15.4 Å². The first-order chi connectivity index (χ1) is 9.92. The molecule has 0 radical (unpaired) electrons. The van der Waals surface area contributed by atoms with E-state index in [1.54, 1.807) is 25.2 Å². The maximum absolute atomic E-state index is 13.4. The third kappa shape index (κ3) is 9.15. The molecule has 3 N–H and O–H groups in total. The Labute approximate surface area is 148 Å². The molecule has 0 aromatic heterocycles. The minimum absolute atomic E-state index is 0. The van der Waals surface area contributed by atoms with Crippen molar-refractivity contribution in [1.82, 2.24) is 15.4 Å². The summed E-state index contributed by atoms with van der Waals surface area (Å²) in [6, 6.07) is 6.52. The highest BCUT2D eigenvalue weighted by Crippen LogP contribution is 2.05. The van der Waals surface area contributed by atoms with E-state index in [2.05, 4.69) is 20.3 Å². The van der Waals surface area contributed by atoms with Crippen molar-refractivity contribution < 1.29 is 12.8 Å². The van der Waals surface area contributed by atoms with Gasteiger partial charge in [0.1, 0.15) is 5.82 Å². The Balaban J connectivity index is 0.00000441. The first-order valence-electron chi connectivity index (χ1n) is 6.55. The van der Waals surface area contributed by atoms with Crippen LogP contribution in [0.1, 0.15) is 12.0 Å². The van der Waals surface area contributed by atoms with Crippen molar-refractivity contribution in [1.29, 1.82) is 0 Å². The molecule has 0 amide bonds. The Morgan fingerprint density at radius 2 is 1.91 bits per heavy atom. The van der Waals surface area contributed by atoms with E-state index >= 15 is 0 Å². The van der Waals surface area contributed by atoms with Crippen LogP contribution in [-0.4, -0.2) is 40.8 Å². The first kappa shape index (κ1) is 21.1. The second-order valence-electron chi connectivity index (χ2n) is 4.46. The zero-order valence-electron chi connectivity index (χ0n) is 12.6. The van der Waals surface area contributed by atoms with Gasteiger partial charge in [-0.25, -0.2) is 17.5 Å². The summed E-state index contributed by atoms with van der Waals surface area (Å²) in [5.41, 5.74) is 0.555. The Hall–Kier alpha value is -0.940. The molecular formula is C13H22FIN4O2S. The summed E-state index contributed by atoms with van der Waals surface area (Å²) in [6.07, 6.45) is 1.74. The minimum atomic E-state index is -3.15. The molecule has 0 fully saturated rings. The molecule has 0 unspecified atom stereocenters. The summed E-state index contributed by atoms with van der Waals surface area (Å²) in [4.78, 5) is 4.01. The number of aliphatic imine (C=N–C) groups is 1. The highest BCUT2D eigenvalue weighted by molar-refractivity contribution is 14.0. The Morgan fingerprint density at radius 1 is 1.23 bits per heavy atom. The first-order valence-corrected chi connectivity index (χ1v) is 8.44. The SMILES string of the molecule is CN=C(NCCCNS(C)(=O)=O)NCc1ccccc1F.I. The van der Waals surface area contributed by atoms with Crippen molar-refractivity contribution in [3.05, 3.63) is 35.6 Å². The average Bonchev–Trinajstić information content (AvgIpc) is 2.42. The lowest BCUT2D eigenvalue weighted by molar-refractivity contribution is 0.584. The van der Waals surface area contributed by atoms with Crippen LogP contribution in [0.25, 0.3) is 0 Å². The van der Waals surface area contributed by atoms with E-state index in [1.165, 1.54) is 6.07 Å². The summed E-state index contributed by atoms with van der Waals surface area (Å²) < 4.78 is 37.6. The summed E-state index contributed by atoms with van der Waals surface area (Å²) in [5, 5.41) is 6.02. The number of sulfonamides is 1. The van der Waals surface area contributed by atoms with Crippen molar-refractivity contribution in [2.75, 3.05) is 26.4 Å². The highest BCUT2D eigenvalue weighted by atomic mass is 127. The lowest BCUT2D eigenvalue weighted by atomic mass is 10.2. The molecule has 0 aliphatic carbocycles. The van der Waals surface area contributed by atoms with Gasteiger partial charge in [0.05, 0.1) is 6.26 Å². The number of benzene rings is 1. The van der Waals surface area contributed by atoms with Crippen molar-refractivity contribution in [2.45, 2.75) is 13.0 Å². The van der Waals surface area contributed by atoms with Gasteiger partial charge in [-0.2, -0.15) is 0 Å². The van der Waals surface area contributed by atoms with E-state index in [0.717, 1.165) is 6.26 Å². The van der Waals surface area contributed by atoms with E-state index in [4.69, 9.17) is 0 Å². The molecular weight excluding hydrogens is 422 g/mol. The lowest BCUT2D eigenvalue weighted by Gasteiger charge is -2.12. The lowest BCUT2D eigenvalue weighted by Crippen LogP contribution is -2.38. The zero-order valence-corrected chi connectivity index (χ0v) is 15.7. The molecule has 22 heavy (non-hydrogen) atoms. The molecule has 1 aromatic carbocycles. The van der Waals surface area contributed by atoms with Gasteiger partial charge < -0.3 is 10.6 Å². The maximum atomic E-state index is 13.4. The zero-order chi connectivity index (χ0) is 15.7. The van der Waals surface area contributed by atoms with Gasteiger partial charge >= 0.3 is 0 Å². The fraction of sp³-hybridized carbons (Fsp3) is 0.462. The molecule has 0 aliphatic rings. The van der Waals surface area contributed by atoms with Gasteiger partial charge in [-0.3, -0.25) is 4.99 Å². The quantitative estimate of drug-likeness (QED) is 0.254. The van der Waals surface area contributed by atoms with E-state index in [9.17, 15) is 12.8 Å². The van der Waals surface area contributed by atoms with E-state index in [1.807, 2.05) is 0 Å². The molecule has 6 nitrogen and oxygen atoms in total. The van der Waals surface area contributed by atoms with E-state index in [0.29, 0.717) is 37.6 Å². The van der Waals surface area contributed by atoms with Crippen LogP contribution in [-0.2, 0) is 16.6 Å². The van der Waals surface area contributed by atoms with Gasteiger partial charge in [-0.05, 0) is 12.5 Å². The largest absolute Gasteiger partial charge is 0.356 e. The number of rotatable bonds is 7. The van der Waals surface area contributed by atoms with Crippen LogP contribution in [0.4, 0.5) is 4.39 Å². The van der Waals surface area contributed by atoms with Gasteiger partial charge in [-0.1, -0.05) is 18.2 Å². The topological polar surface area (TPSA) is 82.6 Å². The summed E-state index contributed by atoms with van der Waals surface area (Å²) in [6.45, 7) is 1.24. The smallest absolute Gasteiger partial charge is 0.208 e. The Morgan fingerprint density at radius 3 is 2.50 bits per heavy atom. The van der Waals surface area contributed by atoms with Crippen molar-refractivity contribution in [3.63, 3.8) is 0 Å². The highest BCUT2D eigenvalue weighted by Gasteiger charge is 2.03. The second-order valence-corrected chi connectivity index (χ2v) is 6.30. The molecule has 0 atom stereocenters. The van der Waals surface area contributed by atoms with Gasteiger partial charge in [-0.15, -0.1) is 24.0 Å². The van der Waals surface area contributed by atoms with E-state index in [-0.39, 0.29) is 29.8 Å². The number of hydrogen-bond donors (Lipinski definition) is 3. The van der Waals surface area contributed by atoms with Gasteiger partial charge in [0, 0.05) is 32.2 Å². The third-order valence-electron chi connectivity index (χ3n) is 2.64. The molecule has 0 saturated heterocycles.